The van der Waals surface area contributed by atoms with Crippen molar-refractivity contribution in [2.45, 2.75) is 23.0 Å². The molecule has 2 aliphatic rings. The van der Waals surface area contributed by atoms with E-state index in [2.05, 4.69) is 90.5 Å². The molecule has 0 saturated heterocycles. The van der Waals surface area contributed by atoms with Gasteiger partial charge in [-0.1, -0.05) is 0 Å². The molecule has 0 amide bonds. The van der Waals surface area contributed by atoms with E-state index >= 15 is 0 Å². The Hall–Kier alpha value is 0.626. The fraction of sp³-hybridized carbons (Fsp3) is 0.200. The van der Waals surface area contributed by atoms with Gasteiger partial charge in [-0.2, -0.15) is 0 Å². The molecule has 0 N–H and O–H groups in total. The monoisotopic (exact) mass is 658 g/mol. The molecule has 0 fully saturated rings. The number of fused-ring (bicyclic) bond motifs is 9. The van der Waals surface area contributed by atoms with E-state index in [1.54, 1.807) is 37.4 Å². The third-order valence-electron chi connectivity index (χ3n) is 6.31. The zero-order chi connectivity index (χ0) is 18.9. The summed E-state index contributed by atoms with van der Waals surface area (Å²) in [7, 11) is 0. The quantitative estimate of drug-likeness (QED) is 0.199. The molecule has 0 bridgehead atoms. The average Bonchev–Trinajstić information content (AvgIpc) is 3.32. The zero-order valence-corrected chi connectivity index (χ0v) is 25.1. The van der Waals surface area contributed by atoms with Crippen molar-refractivity contribution in [1.29, 1.82) is 0 Å². The maximum atomic E-state index is 3.75. The van der Waals surface area contributed by atoms with E-state index in [0.29, 0.717) is 0 Å². The number of halogens is 2. The summed E-state index contributed by atoms with van der Waals surface area (Å²) in [4.78, 5) is 4.71. The van der Waals surface area contributed by atoms with Crippen molar-refractivity contribution < 1.29 is 0 Å². The van der Waals surface area contributed by atoms with Crippen LogP contribution in [0.2, 0.25) is 23.0 Å². The van der Waals surface area contributed by atoms with Crippen LogP contribution in [-0.4, -0.2) is 26.5 Å². The van der Waals surface area contributed by atoms with E-state index in [9.17, 15) is 0 Å². The fourth-order valence-corrected chi connectivity index (χ4v) is 30.9. The first kappa shape index (κ1) is 18.4. The van der Waals surface area contributed by atoms with Crippen molar-refractivity contribution in [3.63, 3.8) is 0 Å². The van der Waals surface area contributed by atoms with Crippen LogP contribution in [0.4, 0.5) is 0 Å². The fourth-order valence-electron chi connectivity index (χ4n) is 5.04. The molecule has 0 atom stereocenters. The molecule has 1 aromatic carbocycles. The van der Waals surface area contributed by atoms with E-state index in [0.717, 1.165) is 0 Å². The molecule has 0 nitrogen and oxygen atoms in total. The standard InChI is InChI=1S/C20H16Br2Ge2S3/c1-23(2)11-7-13(21)25-17(11)9-5-6-10-16-20(27-18(10)15(9)23)19-12(24(16,3)4)8-14(22)26-19/h5-8H,1-4H3. The van der Waals surface area contributed by atoms with Gasteiger partial charge < -0.3 is 0 Å². The summed E-state index contributed by atoms with van der Waals surface area (Å²) in [6.45, 7) is 0. The van der Waals surface area contributed by atoms with Gasteiger partial charge in [-0.3, -0.25) is 0 Å². The van der Waals surface area contributed by atoms with Crippen LogP contribution in [0, 0.1) is 0 Å². The summed E-state index contributed by atoms with van der Waals surface area (Å²) in [5.74, 6) is 10.4. The maximum absolute atomic E-state index is 3.75. The van der Waals surface area contributed by atoms with Gasteiger partial charge in [0.05, 0.1) is 0 Å². The Kier molecular flexibility index (Phi) is 3.85. The van der Waals surface area contributed by atoms with Gasteiger partial charge in [-0.25, -0.2) is 0 Å². The van der Waals surface area contributed by atoms with Gasteiger partial charge >= 0.3 is 195 Å². The Morgan fingerprint density at radius 2 is 1.30 bits per heavy atom. The van der Waals surface area contributed by atoms with Crippen LogP contribution in [0.25, 0.3) is 30.3 Å². The molecule has 0 unspecified atom stereocenters. The normalized spacial score (nSPS) is 17.9. The van der Waals surface area contributed by atoms with E-state index in [1.165, 1.54) is 18.0 Å². The van der Waals surface area contributed by atoms with Crippen molar-refractivity contribution in [1.82, 2.24) is 0 Å². The molecule has 0 spiro atoms. The second kappa shape index (κ2) is 5.65. The summed E-state index contributed by atoms with van der Waals surface area (Å²) < 4.78 is 11.1. The van der Waals surface area contributed by atoms with Crippen molar-refractivity contribution >= 4 is 120 Å². The number of thiophene rings is 3. The minimum atomic E-state index is -2.25. The topological polar surface area (TPSA) is 0 Å². The Bertz CT molecular complexity index is 1310. The predicted molar refractivity (Wildman–Crippen MR) is 137 cm³/mol. The van der Waals surface area contributed by atoms with Gasteiger partial charge in [0.1, 0.15) is 0 Å². The SMILES string of the molecule is [CH3][Ge]1([CH3])[c]2cc(Br)sc2-c2sc3[c]4c(ccc3[c]21)-c1sc(Br)c[c]1[Ge]4([CH3])[CH3]. The van der Waals surface area contributed by atoms with Crippen LogP contribution in [-0.2, 0) is 0 Å². The second-order valence-electron chi connectivity index (χ2n) is 8.51. The molecular weight excluding hydrogens is 641 g/mol. The summed E-state index contributed by atoms with van der Waals surface area (Å²) in [5.41, 5.74) is 1.54. The summed E-state index contributed by atoms with van der Waals surface area (Å²) in [6.07, 6.45) is 0. The van der Waals surface area contributed by atoms with Crippen LogP contribution < -0.4 is 17.6 Å². The van der Waals surface area contributed by atoms with Gasteiger partial charge in [-0.05, 0) is 0 Å². The Morgan fingerprint density at radius 1 is 0.704 bits per heavy atom. The Labute approximate surface area is 193 Å². The Balaban J connectivity index is 1.74. The number of benzene rings is 1. The molecule has 0 aliphatic carbocycles. The molecule has 4 aromatic rings. The number of hydrogen-bond acceptors (Lipinski definition) is 3. The Morgan fingerprint density at radius 3 is 2.00 bits per heavy atom. The van der Waals surface area contributed by atoms with Gasteiger partial charge in [-0.15, -0.1) is 0 Å². The molecule has 27 heavy (non-hydrogen) atoms. The molecule has 6 rings (SSSR count). The van der Waals surface area contributed by atoms with Crippen LogP contribution in [0.3, 0.4) is 0 Å². The molecular formula is C20H16Br2Ge2S3. The molecule has 0 radical (unpaired) electrons. The second-order valence-corrected chi connectivity index (χ2v) is 32.4. The van der Waals surface area contributed by atoms with Crippen molar-refractivity contribution in [3.8, 4) is 20.2 Å². The van der Waals surface area contributed by atoms with Crippen LogP contribution in [0.5, 0.6) is 0 Å². The molecule has 136 valence electrons. The third-order valence-corrected chi connectivity index (χ3v) is 27.3. The number of rotatable bonds is 0. The first-order chi connectivity index (χ1) is 12.7. The van der Waals surface area contributed by atoms with E-state index in [-0.39, 0.29) is 0 Å². The summed E-state index contributed by atoms with van der Waals surface area (Å²) in [5, 5.41) is 1.59. The molecule has 7 heteroatoms. The van der Waals surface area contributed by atoms with E-state index in [1.807, 2.05) is 22.7 Å². The van der Waals surface area contributed by atoms with E-state index < -0.39 is 26.5 Å². The van der Waals surface area contributed by atoms with Crippen molar-refractivity contribution in [3.05, 3.63) is 31.8 Å². The first-order valence-electron chi connectivity index (χ1n) is 8.92. The summed E-state index contributed by atoms with van der Waals surface area (Å²) in [6, 6.07) is 9.75. The molecule has 2 aliphatic heterocycles. The zero-order valence-electron chi connectivity index (χ0n) is 15.3. The van der Waals surface area contributed by atoms with Gasteiger partial charge in [0, 0.05) is 0 Å². The van der Waals surface area contributed by atoms with Gasteiger partial charge in [0.2, 0.25) is 0 Å². The van der Waals surface area contributed by atoms with Crippen LogP contribution in [0.1, 0.15) is 0 Å². The van der Waals surface area contributed by atoms with Gasteiger partial charge in [0.25, 0.3) is 0 Å². The van der Waals surface area contributed by atoms with Crippen LogP contribution >= 0.6 is 65.9 Å². The van der Waals surface area contributed by atoms with Gasteiger partial charge in [0.15, 0.2) is 0 Å². The van der Waals surface area contributed by atoms with Crippen molar-refractivity contribution in [2.75, 3.05) is 0 Å². The van der Waals surface area contributed by atoms with Crippen molar-refractivity contribution in [2.24, 2.45) is 0 Å². The average molecular weight is 658 g/mol. The summed E-state index contributed by atoms with van der Waals surface area (Å²) >= 11 is 9.01. The molecule has 0 saturated carbocycles. The minimum absolute atomic E-state index is 1.29. The molecule has 3 aromatic heterocycles. The molecule has 5 heterocycles. The number of hydrogen-bond donors (Lipinski definition) is 0. The predicted octanol–water partition coefficient (Wildman–Crippen LogP) is 6.16. The first-order valence-corrected chi connectivity index (χ1v) is 25.5. The third kappa shape index (κ3) is 2.20. The van der Waals surface area contributed by atoms with E-state index in [4.69, 9.17) is 0 Å². The van der Waals surface area contributed by atoms with Crippen LogP contribution in [0.15, 0.2) is 31.8 Å².